The molecular formula is C12H22N2O5. The molecule has 110 valence electrons. The molecule has 2 atom stereocenters. The fraction of sp³-hybridized carbons (Fsp3) is 0.833. The highest BCUT2D eigenvalue weighted by Crippen LogP contribution is 2.24. The Labute approximate surface area is 112 Å². The Morgan fingerprint density at radius 1 is 1.11 bits per heavy atom. The van der Waals surface area contributed by atoms with Crippen LogP contribution in [0.15, 0.2) is 0 Å². The Morgan fingerprint density at radius 2 is 1.68 bits per heavy atom. The van der Waals surface area contributed by atoms with E-state index in [4.69, 9.17) is 15.3 Å². The molecule has 19 heavy (non-hydrogen) atoms. The van der Waals surface area contributed by atoms with Crippen molar-refractivity contribution in [3.63, 3.8) is 0 Å². The topological polar surface area (TPSA) is 110 Å². The fourth-order valence-corrected chi connectivity index (χ4v) is 2.41. The van der Waals surface area contributed by atoms with Crippen molar-refractivity contribution in [2.24, 2.45) is 5.92 Å². The zero-order valence-electron chi connectivity index (χ0n) is 10.9. The summed E-state index contributed by atoms with van der Waals surface area (Å²) in [6, 6.07) is -0.806. The lowest BCUT2D eigenvalue weighted by atomic mass is 9.84. The van der Waals surface area contributed by atoms with Crippen LogP contribution in [0.3, 0.4) is 0 Å². The van der Waals surface area contributed by atoms with Gasteiger partial charge in [-0.05, 0) is 12.8 Å². The lowest BCUT2D eigenvalue weighted by Crippen LogP contribution is -2.51. The molecule has 1 aliphatic rings. The number of nitrogens with zero attached hydrogens (tertiary/aromatic N) is 1. The van der Waals surface area contributed by atoms with Crippen molar-refractivity contribution in [1.82, 2.24) is 10.2 Å². The van der Waals surface area contributed by atoms with E-state index in [9.17, 15) is 9.59 Å². The summed E-state index contributed by atoms with van der Waals surface area (Å²) in [6.45, 7) is -0.144. The summed E-state index contributed by atoms with van der Waals surface area (Å²) in [5, 5.41) is 29.5. The number of carbonyl (C=O) groups excluding carboxylic acids is 1. The number of urea groups is 1. The molecule has 0 spiro atoms. The second-order valence-electron chi connectivity index (χ2n) is 4.72. The zero-order chi connectivity index (χ0) is 14.3. The fourth-order valence-electron chi connectivity index (χ4n) is 2.41. The van der Waals surface area contributed by atoms with Gasteiger partial charge in [0.2, 0.25) is 0 Å². The maximum atomic E-state index is 12.0. The molecule has 0 bridgehead atoms. The van der Waals surface area contributed by atoms with Crippen molar-refractivity contribution in [3.8, 4) is 0 Å². The van der Waals surface area contributed by atoms with Crippen molar-refractivity contribution in [2.75, 3.05) is 26.3 Å². The van der Waals surface area contributed by atoms with E-state index < -0.39 is 17.9 Å². The molecule has 1 saturated carbocycles. The molecule has 0 heterocycles. The van der Waals surface area contributed by atoms with Gasteiger partial charge in [0, 0.05) is 19.1 Å². The molecule has 0 aromatic heterocycles. The van der Waals surface area contributed by atoms with Gasteiger partial charge in [-0.15, -0.1) is 0 Å². The highest BCUT2D eigenvalue weighted by molar-refractivity contribution is 5.77. The van der Waals surface area contributed by atoms with Crippen molar-refractivity contribution in [3.05, 3.63) is 0 Å². The zero-order valence-corrected chi connectivity index (χ0v) is 10.9. The number of aliphatic hydroxyl groups is 2. The summed E-state index contributed by atoms with van der Waals surface area (Å²) in [6.07, 6.45) is 2.98. The third-order valence-electron chi connectivity index (χ3n) is 3.42. The number of hydrogen-bond acceptors (Lipinski definition) is 4. The molecule has 7 heteroatoms. The summed E-state index contributed by atoms with van der Waals surface area (Å²) in [5.74, 6) is -1.44. The first kappa shape index (κ1) is 15.7. The van der Waals surface area contributed by atoms with Crippen LogP contribution < -0.4 is 5.32 Å². The number of aliphatic carboxylic acids is 1. The SMILES string of the molecule is O=C(O)C1CCCCC1NC(=O)N(CCO)CCO. The Hall–Kier alpha value is -1.34. The van der Waals surface area contributed by atoms with E-state index in [0.717, 1.165) is 12.8 Å². The maximum absolute atomic E-state index is 12.0. The summed E-state index contributed by atoms with van der Waals surface area (Å²) < 4.78 is 0. The molecule has 0 aromatic carbocycles. The maximum Gasteiger partial charge on any atom is 0.317 e. The first-order valence-electron chi connectivity index (χ1n) is 6.60. The number of carboxylic acids is 1. The van der Waals surface area contributed by atoms with Gasteiger partial charge >= 0.3 is 12.0 Å². The molecule has 4 N–H and O–H groups in total. The lowest BCUT2D eigenvalue weighted by molar-refractivity contribution is -0.143. The first-order chi connectivity index (χ1) is 9.10. The van der Waals surface area contributed by atoms with E-state index in [1.165, 1.54) is 4.90 Å². The Morgan fingerprint density at radius 3 is 2.21 bits per heavy atom. The van der Waals surface area contributed by atoms with E-state index in [0.29, 0.717) is 12.8 Å². The number of rotatable bonds is 6. The molecular weight excluding hydrogens is 252 g/mol. The molecule has 0 aromatic rings. The molecule has 1 rings (SSSR count). The van der Waals surface area contributed by atoms with Crippen LogP contribution in [-0.4, -0.2) is 64.6 Å². The molecule has 2 amide bonds. The van der Waals surface area contributed by atoms with Crippen molar-refractivity contribution in [2.45, 2.75) is 31.7 Å². The third kappa shape index (κ3) is 4.68. The Balaban J connectivity index is 2.59. The Kier molecular flexibility index (Phi) is 6.58. The first-order valence-corrected chi connectivity index (χ1v) is 6.60. The van der Waals surface area contributed by atoms with Gasteiger partial charge in [-0.1, -0.05) is 12.8 Å². The van der Waals surface area contributed by atoms with E-state index in [2.05, 4.69) is 5.32 Å². The van der Waals surface area contributed by atoms with Crippen molar-refractivity contribution >= 4 is 12.0 Å². The second kappa shape index (κ2) is 7.96. The molecule has 1 aliphatic carbocycles. The van der Waals surface area contributed by atoms with Gasteiger partial charge in [0.25, 0.3) is 0 Å². The average Bonchev–Trinajstić information content (AvgIpc) is 2.38. The quantitative estimate of drug-likeness (QED) is 0.528. The van der Waals surface area contributed by atoms with Crippen LogP contribution >= 0.6 is 0 Å². The second-order valence-corrected chi connectivity index (χ2v) is 4.72. The predicted molar refractivity (Wildman–Crippen MR) is 67.7 cm³/mol. The van der Waals surface area contributed by atoms with Crippen LogP contribution in [0.1, 0.15) is 25.7 Å². The minimum absolute atomic E-state index is 0.122. The normalized spacial score (nSPS) is 22.8. The van der Waals surface area contributed by atoms with Gasteiger partial charge in [0.1, 0.15) is 0 Å². The minimum atomic E-state index is -0.888. The van der Waals surface area contributed by atoms with Crippen molar-refractivity contribution < 1.29 is 24.9 Å². The molecule has 0 saturated heterocycles. The standard InChI is InChI=1S/C12H22N2O5/c15-7-5-14(6-8-16)12(19)13-10-4-2-1-3-9(10)11(17)18/h9-10,15-16H,1-8H2,(H,13,19)(H,17,18). The smallest absolute Gasteiger partial charge is 0.317 e. The monoisotopic (exact) mass is 274 g/mol. The van der Waals surface area contributed by atoms with E-state index in [1.54, 1.807) is 0 Å². The van der Waals surface area contributed by atoms with Crippen LogP contribution in [0, 0.1) is 5.92 Å². The average molecular weight is 274 g/mol. The van der Waals surface area contributed by atoms with E-state index in [-0.39, 0.29) is 32.3 Å². The van der Waals surface area contributed by atoms with Gasteiger partial charge in [-0.25, -0.2) is 4.79 Å². The summed E-state index contributed by atoms with van der Waals surface area (Å²) >= 11 is 0. The highest BCUT2D eigenvalue weighted by Gasteiger charge is 2.32. The molecule has 7 nitrogen and oxygen atoms in total. The number of amides is 2. The largest absolute Gasteiger partial charge is 0.481 e. The summed E-state index contributed by atoms with van der Waals surface area (Å²) in [5.41, 5.74) is 0. The molecule has 0 aliphatic heterocycles. The van der Waals surface area contributed by atoms with Crippen LogP contribution in [0.5, 0.6) is 0 Å². The number of aliphatic hydroxyl groups excluding tert-OH is 2. The van der Waals surface area contributed by atoms with Gasteiger partial charge in [0.15, 0.2) is 0 Å². The summed E-state index contributed by atoms with van der Waals surface area (Å²) in [7, 11) is 0. The molecule has 1 fully saturated rings. The van der Waals surface area contributed by atoms with Gasteiger partial charge in [-0.3, -0.25) is 4.79 Å². The molecule has 0 radical (unpaired) electrons. The third-order valence-corrected chi connectivity index (χ3v) is 3.42. The summed E-state index contributed by atoms with van der Waals surface area (Å²) in [4.78, 5) is 24.4. The van der Waals surface area contributed by atoms with Gasteiger partial charge in [0.05, 0.1) is 19.1 Å². The van der Waals surface area contributed by atoms with E-state index >= 15 is 0 Å². The van der Waals surface area contributed by atoms with Crippen LogP contribution in [0.2, 0.25) is 0 Å². The van der Waals surface area contributed by atoms with Crippen LogP contribution in [0.25, 0.3) is 0 Å². The van der Waals surface area contributed by atoms with Crippen molar-refractivity contribution in [1.29, 1.82) is 0 Å². The van der Waals surface area contributed by atoms with Gasteiger partial charge in [-0.2, -0.15) is 0 Å². The Bertz CT molecular complexity index is 304. The van der Waals surface area contributed by atoms with E-state index in [1.807, 2.05) is 0 Å². The predicted octanol–water partition coefficient (Wildman–Crippen LogP) is -0.374. The lowest BCUT2D eigenvalue weighted by Gasteiger charge is -2.31. The van der Waals surface area contributed by atoms with Gasteiger partial charge < -0.3 is 25.5 Å². The minimum Gasteiger partial charge on any atom is -0.481 e. The number of hydrogen-bond donors (Lipinski definition) is 4. The number of carbonyl (C=O) groups is 2. The highest BCUT2D eigenvalue weighted by atomic mass is 16.4. The van der Waals surface area contributed by atoms with Crippen LogP contribution in [-0.2, 0) is 4.79 Å². The molecule has 2 unspecified atom stereocenters. The van der Waals surface area contributed by atoms with Crippen LogP contribution in [0.4, 0.5) is 4.79 Å². The number of nitrogens with one attached hydrogen (secondary N) is 1. The number of carboxylic acid groups (broad SMARTS) is 1.